The van der Waals surface area contributed by atoms with Crippen LogP contribution in [0.5, 0.6) is 0 Å². The number of hydrogen-bond acceptors (Lipinski definition) is 4. The van der Waals surface area contributed by atoms with Crippen LogP contribution < -0.4 is 5.32 Å². The molecule has 1 heterocycles. The van der Waals surface area contributed by atoms with Crippen molar-refractivity contribution in [2.45, 2.75) is 13.3 Å². The van der Waals surface area contributed by atoms with Crippen molar-refractivity contribution in [1.29, 1.82) is 0 Å². The van der Waals surface area contributed by atoms with Crippen molar-refractivity contribution in [2.75, 3.05) is 11.9 Å². The quantitative estimate of drug-likeness (QED) is 0.836. The van der Waals surface area contributed by atoms with E-state index in [-0.39, 0.29) is 12.5 Å². The lowest BCUT2D eigenvalue weighted by atomic mass is 10.0. The standard InChI is InChI=1S/C15H14N2O3/c1-11-5-6-13(8-12(11)4-2-3-7-18)15(19)17-14-9-16-20-10-14/h5-6,8-10,18H,3,7H2,1H3,(H,17,19). The van der Waals surface area contributed by atoms with E-state index in [1.165, 1.54) is 12.5 Å². The van der Waals surface area contributed by atoms with E-state index >= 15 is 0 Å². The molecule has 2 aromatic rings. The minimum absolute atomic E-state index is 0.0275. The first-order chi connectivity index (χ1) is 9.70. The zero-order valence-corrected chi connectivity index (χ0v) is 11.0. The predicted octanol–water partition coefficient (Wildman–Crippen LogP) is 1.97. The average molecular weight is 270 g/mol. The number of nitrogens with one attached hydrogen (secondary N) is 1. The summed E-state index contributed by atoms with van der Waals surface area (Å²) in [6, 6.07) is 5.30. The maximum absolute atomic E-state index is 12.0. The van der Waals surface area contributed by atoms with Gasteiger partial charge in [0.15, 0.2) is 0 Å². The molecular formula is C15H14N2O3. The zero-order valence-electron chi connectivity index (χ0n) is 11.0. The average Bonchev–Trinajstić information content (AvgIpc) is 2.94. The Morgan fingerprint density at radius 3 is 3.05 bits per heavy atom. The molecule has 0 saturated carbocycles. The molecule has 1 aromatic heterocycles. The van der Waals surface area contributed by atoms with Crippen LogP contribution in [0.2, 0.25) is 0 Å². The van der Waals surface area contributed by atoms with E-state index in [2.05, 4.69) is 26.8 Å². The molecule has 0 aliphatic carbocycles. The normalized spacial score (nSPS) is 9.70. The number of anilines is 1. The smallest absolute Gasteiger partial charge is 0.255 e. The molecule has 0 fully saturated rings. The zero-order chi connectivity index (χ0) is 14.4. The number of nitrogens with zero attached hydrogens (tertiary/aromatic N) is 1. The number of carbonyl (C=O) groups is 1. The Morgan fingerprint density at radius 2 is 2.35 bits per heavy atom. The second kappa shape index (κ2) is 6.55. The molecule has 0 spiro atoms. The molecule has 102 valence electrons. The second-order valence-corrected chi connectivity index (χ2v) is 4.17. The van der Waals surface area contributed by atoms with Gasteiger partial charge in [0.2, 0.25) is 0 Å². The summed E-state index contributed by atoms with van der Waals surface area (Å²) in [7, 11) is 0. The number of benzene rings is 1. The highest BCUT2D eigenvalue weighted by Crippen LogP contribution is 2.13. The highest BCUT2D eigenvalue weighted by Gasteiger charge is 2.08. The van der Waals surface area contributed by atoms with Gasteiger partial charge in [-0.1, -0.05) is 23.1 Å². The van der Waals surface area contributed by atoms with Crippen molar-refractivity contribution in [3.63, 3.8) is 0 Å². The van der Waals surface area contributed by atoms with Crippen molar-refractivity contribution in [2.24, 2.45) is 0 Å². The Morgan fingerprint density at radius 1 is 1.50 bits per heavy atom. The minimum Gasteiger partial charge on any atom is -0.395 e. The van der Waals surface area contributed by atoms with Gasteiger partial charge in [-0.25, -0.2) is 0 Å². The molecule has 2 rings (SSSR count). The number of aryl methyl sites for hydroxylation is 1. The van der Waals surface area contributed by atoms with Crippen LogP contribution in [0.3, 0.4) is 0 Å². The number of amides is 1. The number of carbonyl (C=O) groups excluding carboxylic acids is 1. The van der Waals surface area contributed by atoms with E-state index in [1.807, 2.05) is 13.0 Å². The molecule has 20 heavy (non-hydrogen) atoms. The largest absolute Gasteiger partial charge is 0.395 e. The third-order valence-electron chi connectivity index (χ3n) is 2.65. The van der Waals surface area contributed by atoms with Gasteiger partial charge in [-0.3, -0.25) is 4.79 Å². The third kappa shape index (κ3) is 3.46. The highest BCUT2D eigenvalue weighted by atomic mass is 16.5. The first-order valence-electron chi connectivity index (χ1n) is 6.12. The lowest BCUT2D eigenvalue weighted by Crippen LogP contribution is -2.11. The van der Waals surface area contributed by atoms with E-state index in [9.17, 15) is 4.79 Å². The van der Waals surface area contributed by atoms with Crippen LogP contribution in [0, 0.1) is 18.8 Å². The molecule has 0 bridgehead atoms. The number of aromatic nitrogens is 1. The van der Waals surface area contributed by atoms with Crippen LogP contribution >= 0.6 is 0 Å². The molecular weight excluding hydrogens is 256 g/mol. The van der Waals surface area contributed by atoms with E-state index in [0.29, 0.717) is 17.7 Å². The summed E-state index contributed by atoms with van der Waals surface area (Å²) in [5.41, 5.74) is 2.77. The minimum atomic E-state index is -0.251. The third-order valence-corrected chi connectivity index (χ3v) is 2.65. The fraction of sp³-hybridized carbons (Fsp3) is 0.200. The predicted molar refractivity (Wildman–Crippen MR) is 74.2 cm³/mol. The van der Waals surface area contributed by atoms with Gasteiger partial charge in [-0.05, 0) is 24.6 Å². The lowest BCUT2D eigenvalue weighted by molar-refractivity contribution is 0.102. The number of aliphatic hydroxyl groups excluding tert-OH is 1. The van der Waals surface area contributed by atoms with Crippen LogP contribution in [-0.2, 0) is 0 Å². The number of hydrogen-bond donors (Lipinski definition) is 2. The summed E-state index contributed by atoms with van der Waals surface area (Å²) in [5.74, 6) is 5.54. The highest BCUT2D eigenvalue weighted by molar-refractivity contribution is 6.04. The molecule has 1 aromatic carbocycles. The van der Waals surface area contributed by atoms with Gasteiger partial charge in [-0.2, -0.15) is 0 Å². The van der Waals surface area contributed by atoms with Crippen molar-refractivity contribution >= 4 is 11.6 Å². The lowest BCUT2D eigenvalue weighted by Gasteiger charge is -2.04. The van der Waals surface area contributed by atoms with E-state index in [4.69, 9.17) is 5.11 Å². The molecule has 0 atom stereocenters. The van der Waals surface area contributed by atoms with Crippen molar-refractivity contribution in [1.82, 2.24) is 5.16 Å². The fourth-order valence-corrected chi connectivity index (χ4v) is 1.58. The first-order valence-corrected chi connectivity index (χ1v) is 6.12. The Bertz CT molecular complexity index is 651. The van der Waals surface area contributed by atoms with Crippen LogP contribution in [0.25, 0.3) is 0 Å². The number of rotatable bonds is 3. The van der Waals surface area contributed by atoms with Gasteiger partial charge < -0.3 is 14.9 Å². The Kier molecular flexibility index (Phi) is 4.53. The molecule has 0 aliphatic rings. The van der Waals surface area contributed by atoms with Crippen LogP contribution in [0.4, 0.5) is 5.69 Å². The molecule has 1 amide bonds. The summed E-state index contributed by atoms with van der Waals surface area (Å²) in [5, 5.41) is 14.9. The maximum atomic E-state index is 12.0. The van der Waals surface area contributed by atoms with Crippen LogP contribution in [0.1, 0.15) is 27.9 Å². The molecule has 0 radical (unpaired) electrons. The van der Waals surface area contributed by atoms with Gasteiger partial charge in [0, 0.05) is 17.5 Å². The maximum Gasteiger partial charge on any atom is 0.255 e. The molecule has 0 saturated heterocycles. The van der Waals surface area contributed by atoms with E-state index in [1.54, 1.807) is 12.1 Å². The van der Waals surface area contributed by atoms with Crippen molar-refractivity contribution in [3.05, 3.63) is 47.3 Å². The van der Waals surface area contributed by atoms with Gasteiger partial charge in [0.25, 0.3) is 5.91 Å². The fourth-order valence-electron chi connectivity index (χ4n) is 1.58. The van der Waals surface area contributed by atoms with E-state index < -0.39 is 0 Å². The Labute approximate surface area is 116 Å². The van der Waals surface area contributed by atoms with Crippen molar-refractivity contribution in [3.8, 4) is 11.8 Å². The molecule has 5 nitrogen and oxygen atoms in total. The molecule has 5 heteroatoms. The Balaban J connectivity index is 2.18. The summed E-state index contributed by atoms with van der Waals surface area (Å²) < 4.78 is 4.65. The first kappa shape index (κ1) is 13.8. The molecule has 0 unspecified atom stereocenters. The summed E-state index contributed by atoms with van der Waals surface area (Å²) in [6.07, 6.45) is 3.19. The SMILES string of the molecule is Cc1ccc(C(=O)Nc2cnoc2)cc1C#CCCO. The van der Waals surface area contributed by atoms with Gasteiger partial charge >= 0.3 is 0 Å². The second-order valence-electron chi connectivity index (χ2n) is 4.17. The van der Waals surface area contributed by atoms with Gasteiger partial charge in [0.1, 0.15) is 12.0 Å². The van der Waals surface area contributed by atoms with Crippen molar-refractivity contribution < 1.29 is 14.4 Å². The van der Waals surface area contributed by atoms with Gasteiger partial charge in [-0.15, -0.1) is 0 Å². The van der Waals surface area contributed by atoms with Gasteiger partial charge in [0.05, 0.1) is 12.8 Å². The monoisotopic (exact) mass is 270 g/mol. The topological polar surface area (TPSA) is 75.4 Å². The number of aliphatic hydroxyl groups is 1. The summed E-state index contributed by atoms with van der Waals surface area (Å²) in [6.45, 7) is 1.95. The molecule has 0 aliphatic heterocycles. The Hall–Kier alpha value is -2.58. The summed E-state index contributed by atoms with van der Waals surface area (Å²) in [4.78, 5) is 12.0. The molecule has 2 N–H and O–H groups in total. The van der Waals surface area contributed by atoms with Crippen LogP contribution in [0.15, 0.2) is 35.2 Å². The van der Waals surface area contributed by atoms with Crippen LogP contribution in [-0.4, -0.2) is 22.8 Å². The summed E-state index contributed by atoms with van der Waals surface area (Å²) >= 11 is 0. The van der Waals surface area contributed by atoms with E-state index in [0.717, 1.165) is 11.1 Å².